The highest BCUT2D eigenvalue weighted by Crippen LogP contribution is 2.38. The lowest BCUT2D eigenvalue weighted by atomic mass is 9.88. The zero-order chi connectivity index (χ0) is 19.1. The summed E-state index contributed by atoms with van der Waals surface area (Å²) in [5, 5.41) is 4.00. The third-order valence-electron chi connectivity index (χ3n) is 6.09. The number of hydrogen-bond acceptors (Lipinski definition) is 2. The third kappa shape index (κ3) is 2.80. The monoisotopic (exact) mass is 366 g/mol. The van der Waals surface area contributed by atoms with Gasteiger partial charge >= 0.3 is 0 Å². The Morgan fingerprint density at radius 1 is 0.929 bits per heavy atom. The van der Waals surface area contributed by atoms with Gasteiger partial charge in [0.05, 0.1) is 11.2 Å². The summed E-state index contributed by atoms with van der Waals surface area (Å²) in [5.41, 5.74) is 7.80. The number of aromatic nitrogens is 1. The quantitative estimate of drug-likeness (QED) is 0.405. The molecule has 3 aromatic carbocycles. The van der Waals surface area contributed by atoms with Crippen LogP contribution in [0.15, 0.2) is 60.7 Å². The Labute approximate surface area is 166 Å². The van der Waals surface area contributed by atoms with Crippen LogP contribution in [0.2, 0.25) is 0 Å². The minimum atomic E-state index is 0.999. The zero-order valence-corrected chi connectivity index (χ0v) is 16.7. The van der Waals surface area contributed by atoms with Gasteiger partial charge in [0.25, 0.3) is 0 Å². The van der Waals surface area contributed by atoms with Gasteiger partial charge in [-0.3, -0.25) is 4.90 Å². The van der Waals surface area contributed by atoms with Crippen molar-refractivity contribution in [1.29, 1.82) is 0 Å². The van der Waals surface area contributed by atoms with Crippen LogP contribution < -0.4 is 0 Å². The van der Waals surface area contributed by atoms with Gasteiger partial charge < -0.3 is 0 Å². The van der Waals surface area contributed by atoms with Gasteiger partial charge in [-0.2, -0.15) is 0 Å². The van der Waals surface area contributed by atoms with E-state index in [0.29, 0.717) is 0 Å². The third-order valence-corrected chi connectivity index (χ3v) is 6.09. The number of nitrogens with zero attached hydrogens (tertiary/aromatic N) is 2. The number of hydrogen-bond donors (Lipinski definition) is 0. The Hall–Kier alpha value is -2.71. The fourth-order valence-electron chi connectivity index (χ4n) is 4.74. The zero-order valence-electron chi connectivity index (χ0n) is 16.7. The molecule has 5 rings (SSSR count). The van der Waals surface area contributed by atoms with E-state index in [9.17, 15) is 0 Å². The molecule has 0 radical (unpaired) electrons. The average molecular weight is 367 g/mol. The van der Waals surface area contributed by atoms with E-state index < -0.39 is 0 Å². The summed E-state index contributed by atoms with van der Waals surface area (Å²) in [4.78, 5) is 7.82. The Morgan fingerprint density at radius 3 is 2.61 bits per heavy atom. The van der Waals surface area contributed by atoms with Crippen molar-refractivity contribution >= 4 is 21.7 Å². The van der Waals surface area contributed by atoms with Crippen molar-refractivity contribution in [3.63, 3.8) is 0 Å². The molecule has 0 atom stereocenters. The molecule has 140 valence electrons. The Balaban J connectivity index is 1.84. The first kappa shape index (κ1) is 17.4. The predicted octanol–water partition coefficient (Wildman–Crippen LogP) is 6.13. The lowest BCUT2D eigenvalue weighted by molar-refractivity contribution is 0.255. The molecule has 1 aliphatic rings. The van der Waals surface area contributed by atoms with E-state index in [1.165, 1.54) is 50.5 Å². The van der Waals surface area contributed by atoms with Gasteiger partial charge in [0, 0.05) is 24.0 Å². The second kappa shape index (κ2) is 7.03. The van der Waals surface area contributed by atoms with E-state index in [0.717, 1.165) is 31.6 Å². The van der Waals surface area contributed by atoms with Crippen molar-refractivity contribution in [3.8, 4) is 11.3 Å². The molecule has 2 heterocycles. The highest BCUT2D eigenvalue weighted by molar-refractivity contribution is 6.09. The van der Waals surface area contributed by atoms with Gasteiger partial charge in [-0.05, 0) is 59.8 Å². The topological polar surface area (TPSA) is 16.1 Å². The fourth-order valence-corrected chi connectivity index (χ4v) is 4.74. The van der Waals surface area contributed by atoms with Crippen molar-refractivity contribution < 1.29 is 0 Å². The molecule has 0 bridgehead atoms. The molecule has 1 aliphatic heterocycles. The number of fused-ring (bicyclic) bond motifs is 5. The summed E-state index contributed by atoms with van der Waals surface area (Å²) in [5.74, 6) is 0. The summed E-state index contributed by atoms with van der Waals surface area (Å²) >= 11 is 0. The summed E-state index contributed by atoms with van der Waals surface area (Å²) in [7, 11) is 0. The Morgan fingerprint density at radius 2 is 1.75 bits per heavy atom. The van der Waals surface area contributed by atoms with Crippen LogP contribution in [-0.2, 0) is 13.0 Å². The van der Waals surface area contributed by atoms with Crippen LogP contribution in [0.1, 0.15) is 30.0 Å². The SMILES string of the molecule is CCCN1CCc2c(c(-c3ccccc3C)nc3ccc4ccccc4c23)C1. The molecule has 4 aromatic rings. The highest BCUT2D eigenvalue weighted by atomic mass is 15.1. The molecule has 0 unspecified atom stereocenters. The lowest BCUT2D eigenvalue weighted by Crippen LogP contribution is -2.32. The van der Waals surface area contributed by atoms with Crippen LogP contribution in [0.5, 0.6) is 0 Å². The molecule has 0 amide bonds. The molecule has 28 heavy (non-hydrogen) atoms. The average Bonchev–Trinajstić information content (AvgIpc) is 2.73. The maximum Gasteiger partial charge on any atom is 0.0760 e. The maximum atomic E-state index is 5.24. The molecule has 0 saturated carbocycles. The van der Waals surface area contributed by atoms with E-state index >= 15 is 0 Å². The van der Waals surface area contributed by atoms with Crippen molar-refractivity contribution in [2.45, 2.75) is 33.2 Å². The van der Waals surface area contributed by atoms with Crippen LogP contribution in [0.3, 0.4) is 0 Å². The summed E-state index contributed by atoms with van der Waals surface area (Å²) < 4.78 is 0. The Bertz CT molecular complexity index is 1180. The maximum absolute atomic E-state index is 5.24. The van der Waals surface area contributed by atoms with E-state index in [2.05, 4.69) is 79.4 Å². The molecule has 0 N–H and O–H groups in total. The van der Waals surface area contributed by atoms with E-state index in [4.69, 9.17) is 4.98 Å². The number of benzene rings is 3. The van der Waals surface area contributed by atoms with Gasteiger partial charge in [-0.25, -0.2) is 4.98 Å². The normalized spacial score (nSPS) is 14.5. The highest BCUT2D eigenvalue weighted by Gasteiger charge is 2.24. The van der Waals surface area contributed by atoms with Gasteiger partial charge in [0.2, 0.25) is 0 Å². The van der Waals surface area contributed by atoms with Gasteiger partial charge in [-0.15, -0.1) is 0 Å². The number of pyridine rings is 1. The second-order valence-corrected chi connectivity index (χ2v) is 7.94. The van der Waals surface area contributed by atoms with Crippen molar-refractivity contribution in [2.24, 2.45) is 0 Å². The fraction of sp³-hybridized carbons (Fsp3) is 0.269. The molecule has 2 nitrogen and oxygen atoms in total. The van der Waals surface area contributed by atoms with Gasteiger partial charge in [0.15, 0.2) is 0 Å². The first-order valence-electron chi connectivity index (χ1n) is 10.4. The van der Waals surface area contributed by atoms with Crippen LogP contribution in [0.4, 0.5) is 0 Å². The second-order valence-electron chi connectivity index (χ2n) is 7.94. The first-order chi connectivity index (χ1) is 13.8. The molecular weight excluding hydrogens is 340 g/mol. The first-order valence-corrected chi connectivity index (χ1v) is 10.4. The van der Waals surface area contributed by atoms with Crippen LogP contribution >= 0.6 is 0 Å². The summed E-state index contributed by atoms with van der Waals surface area (Å²) in [6.07, 6.45) is 2.29. The minimum absolute atomic E-state index is 0.999. The van der Waals surface area contributed by atoms with E-state index in [1.54, 1.807) is 0 Å². The number of rotatable bonds is 3. The molecule has 1 aromatic heterocycles. The minimum Gasteiger partial charge on any atom is -0.299 e. The molecule has 2 heteroatoms. The summed E-state index contributed by atoms with van der Waals surface area (Å²) in [6.45, 7) is 7.75. The molecule has 0 fully saturated rings. The van der Waals surface area contributed by atoms with Gasteiger partial charge in [0.1, 0.15) is 0 Å². The molecule has 0 aliphatic carbocycles. The molecule has 0 saturated heterocycles. The number of aryl methyl sites for hydroxylation is 1. The standard InChI is InChI=1S/C26H26N2/c1-3-15-28-16-14-22-23(17-28)26(20-10-6-4-8-18(20)2)27-24-13-12-19-9-5-7-11-21(19)25(22)24/h4-13H,3,14-17H2,1-2H3. The van der Waals surface area contributed by atoms with Crippen LogP contribution in [-0.4, -0.2) is 23.0 Å². The van der Waals surface area contributed by atoms with Crippen LogP contribution in [0, 0.1) is 6.92 Å². The van der Waals surface area contributed by atoms with Crippen molar-refractivity contribution in [3.05, 3.63) is 77.4 Å². The van der Waals surface area contributed by atoms with Crippen molar-refractivity contribution in [1.82, 2.24) is 9.88 Å². The lowest BCUT2D eigenvalue weighted by Gasteiger charge is -2.31. The Kier molecular flexibility index (Phi) is 4.37. The smallest absolute Gasteiger partial charge is 0.0760 e. The van der Waals surface area contributed by atoms with Crippen molar-refractivity contribution in [2.75, 3.05) is 13.1 Å². The van der Waals surface area contributed by atoms with E-state index in [1.807, 2.05) is 0 Å². The predicted molar refractivity (Wildman–Crippen MR) is 119 cm³/mol. The van der Waals surface area contributed by atoms with E-state index in [-0.39, 0.29) is 0 Å². The van der Waals surface area contributed by atoms with Gasteiger partial charge in [-0.1, -0.05) is 61.5 Å². The summed E-state index contributed by atoms with van der Waals surface area (Å²) in [6, 6.07) is 21.8. The van der Waals surface area contributed by atoms with Crippen LogP contribution in [0.25, 0.3) is 32.9 Å². The largest absolute Gasteiger partial charge is 0.299 e. The molecule has 0 spiro atoms. The molecular formula is C26H26N2.